The average Bonchev–Trinajstić information content (AvgIpc) is 2.78. The Balaban J connectivity index is 1.97. The molecule has 0 fully saturated rings. The quantitative estimate of drug-likeness (QED) is 0.289. The number of hydrogen-bond acceptors (Lipinski definition) is 5. The van der Waals surface area contributed by atoms with E-state index in [1.165, 1.54) is 0 Å². The van der Waals surface area contributed by atoms with Crippen molar-refractivity contribution in [3.63, 3.8) is 0 Å². The maximum absolute atomic E-state index is 10.5. The molecule has 0 spiro atoms. The van der Waals surface area contributed by atoms with Gasteiger partial charge in [-0.3, -0.25) is 0 Å². The van der Waals surface area contributed by atoms with E-state index in [2.05, 4.69) is 0 Å². The molecule has 0 bridgehead atoms. The van der Waals surface area contributed by atoms with Crippen LogP contribution < -0.4 is 9.64 Å². The summed E-state index contributed by atoms with van der Waals surface area (Å²) >= 11 is 0. The summed E-state index contributed by atoms with van der Waals surface area (Å²) in [6.45, 7) is 9.75. The second kappa shape index (κ2) is 9.02. The molecule has 34 heavy (non-hydrogen) atoms. The van der Waals surface area contributed by atoms with Gasteiger partial charge in [0.05, 0.1) is 17.1 Å². The zero-order valence-corrected chi connectivity index (χ0v) is 20.0. The van der Waals surface area contributed by atoms with Gasteiger partial charge < -0.3 is 25.0 Å². The first kappa shape index (κ1) is 23.1. The minimum Gasteiger partial charge on any atom is -0.508 e. The molecule has 3 N–H and O–H groups in total. The van der Waals surface area contributed by atoms with Gasteiger partial charge in [0.2, 0.25) is 0 Å². The first-order chi connectivity index (χ1) is 16.2. The molecule has 0 atom stereocenters. The summed E-state index contributed by atoms with van der Waals surface area (Å²) in [5.41, 5.74) is 6.90. The lowest BCUT2D eigenvalue weighted by Crippen LogP contribution is -2.14. The van der Waals surface area contributed by atoms with Gasteiger partial charge in [-0.2, -0.15) is 0 Å². The zero-order chi connectivity index (χ0) is 24.6. The van der Waals surface area contributed by atoms with Crippen molar-refractivity contribution in [1.82, 2.24) is 0 Å². The van der Waals surface area contributed by atoms with Crippen molar-refractivity contribution < 1.29 is 20.1 Å². The van der Waals surface area contributed by atoms with E-state index in [1.54, 1.807) is 42.5 Å². The van der Waals surface area contributed by atoms with Crippen molar-refractivity contribution in [2.24, 2.45) is 0 Å². The maximum atomic E-state index is 10.5. The molecule has 0 radical (unpaired) electrons. The van der Waals surface area contributed by atoms with Crippen LogP contribution in [0, 0.1) is 34.6 Å². The standard InChI is InChI=1S/C29H29NO4/c1-17-12-22(31)15-26(20(17)4)30(27-16-23(32)13-18(2)21(27)5)25-8-6-7-9-29(25)34-24-10-11-28(33)19(3)14-24/h6-16,31-33H,1-5H3. The molecule has 0 unspecified atom stereocenters. The predicted octanol–water partition coefficient (Wildman–Crippen LogP) is 7.61. The maximum Gasteiger partial charge on any atom is 0.151 e. The monoisotopic (exact) mass is 455 g/mol. The van der Waals surface area contributed by atoms with Gasteiger partial charge in [-0.25, -0.2) is 0 Å². The Kier molecular flexibility index (Phi) is 6.12. The number of hydrogen-bond donors (Lipinski definition) is 3. The van der Waals surface area contributed by atoms with Crippen LogP contribution in [0.2, 0.25) is 0 Å². The molecule has 0 amide bonds. The van der Waals surface area contributed by atoms with E-state index in [4.69, 9.17) is 4.74 Å². The van der Waals surface area contributed by atoms with Gasteiger partial charge in [0, 0.05) is 12.1 Å². The highest BCUT2D eigenvalue weighted by molar-refractivity contribution is 5.85. The van der Waals surface area contributed by atoms with Crippen LogP contribution in [-0.4, -0.2) is 15.3 Å². The predicted molar refractivity (Wildman–Crippen MR) is 136 cm³/mol. The molecule has 0 aromatic heterocycles. The van der Waals surface area contributed by atoms with E-state index < -0.39 is 0 Å². The van der Waals surface area contributed by atoms with E-state index in [1.807, 2.05) is 63.8 Å². The number of aromatic hydroxyl groups is 3. The Morgan fingerprint density at radius 1 is 0.588 bits per heavy atom. The van der Waals surface area contributed by atoms with Crippen LogP contribution in [-0.2, 0) is 0 Å². The van der Waals surface area contributed by atoms with E-state index in [0.29, 0.717) is 17.1 Å². The highest BCUT2D eigenvalue weighted by Crippen LogP contribution is 2.46. The molecule has 5 nitrogen and oxygen atoms in total. The van der Waals surface area contributed by atoms with Gasteiger partial charge in [0.25, 0.3) is 0 Å². The SMILES string of the molecule is Cc1cc(Oc2ccccc2N(c2cc(O)cc(C)c2C)c2cc(O)cc(C)c2C)ccc1O. The largest absolute Gasteiger partial charge is 0.508 e. The minimum absolute atomic E-state index is 0.158. The number of nitrogens with zero attached hydrogens (tertiary/aromatic N) is 1. The highest BCUT2D eigenvalue weighted by Gasteiger charge is 2.23. The number of rotatable bonds is 5. The molecule has 4 aromatic carbocycles. The molecular formula is C29H29NO4. The third kappa shape index (κ3) is 4.37. The molecule has 0 saturated carbocycles. The van der Waals surface area contributed by atoms with Gasteiger partial charge in [-0.05, 0) is 105 Å². The number of benzene rings is 4. The molecule has 5 heteroatoms. The molecule has 4 aromatic rings. The van der Waals surface area contributed by atoms with E-state index in [-0.39, 0.29) is 17.2 Å². The normalized spacial score (nSPS) is 10.9. The van der Waals surface area contributed by atoms with Crippen molar-refractivity contribution in [3.8, 4) is 28.7 Å². The van der Waals surface area contributed by atoms with Crippen molar-refractivity contribution >= 4 is 17.1 Å². The zero-order valence-electron chi connectivity index (χ0n) is 20.0. The first-order valence-corrected chi connectivity index (χ1v) is 11.1. The summed E-state index contributed by atoms with van der Waals surface area (Å²) in [4.78, 5) is 2.01. The lowest BCUT2D eigenvalue weighted by atomic mass is 10.0. The van der Waals surface area contributed by atoms with Gasteiger partial charge in [0.1, 0.15) is 23.0 Å². The smallest absolute Gasteiger partial charge is 0.151 e. The van der Waals surface area contributed by atoms with Crippen LogP contribution >= 0.6 is 0 Å². The van der Waals surface area contributed by atoms with Crippen LogP contribution in [0.3, 0.4) is 0 Å². The van der Waals surface area contributed by atoms with Gasteiger partial charge in [-0.15, -0.1) is 0 Å². The lowest BCUT2D eigenvalue weighted by molar-refractivity contribution is 0.461. The number of ether oxygens (including phenoxy) is 1. The van der Waals surface area contributed by atoms with Gasteiger partial charge in [-0.1, -0.05) is 12.1 Å². The Morgan fingerprint density at radius 3 is 1.71 bits per heavy atom. The van der Waals surface area contributed by atoms with E-state index in [0.717, 1.165) is 39.3 Å². The Hall–Kier alpha value is -4.12. The summed E-state index contributed by atoms with van der Waals surface area (Å²) in [5.74, 6) is 1.71. The van der Waals surface area contributed by atoms with Crippen molar-refractivity contribution in [1.29, 1.82) is 0 Å². The van der Waals surface area contributed by atoms with Crippen molar-refractivity contribution in [2.45, 2.75) is 34.6 Å². The summed E-state index contributed by atoms with van der Waals surface area (Å²) in [6.07, 6.45) is 0. The number of anilines is 3. The fourth-order valence-electron chi connectivity index (χ4n) is 4.04. The Labute approximate surface area is 200 Å². The van der Waals surface area contributed by atoms with Crippen molar-refractivity contribution in [2.75, 3.05) is 4.90 Å². The topological polar surface area (TPSA) is 73.2 Å². The second-order valence-corrected chi connectivity index (χ2v) is 8.67. The number of phenols is 3. The summed E-state index contributed by atoms with van der Waals surface area (Å²) < 4.78 is 6.29. The molecule has 0 aliphatic rings. The Bertz CT molecular complexity index is 1320. The molecule has 0 aliphatic heterocycles. The minimum atomic E-state index is 0.158. The summed E-state index contributed by atoms with van der Waals surface area (Å²) in [7, 11) is 0. The highest BCUT2D eigenvalue weighted by atomic mass is 16.5. The van der Waals surface area contributed by atoms with Crippen LogP contribution in [0.1, 0.15) is 27.8 Å². The first-order valence-electron chi connectivity index (χ1n) is 11.1. The van der Waals surface area contributed by atoms with Crippen LogP contribution in [0.4, 0.5) is 17.1 Å². The Morgan fingerprint density at radius 2 is 1.15 bits per heavy atom. The number of para-hydroxylation sites is 2. The van der Waals surface area contributed by atoms with Crippen molar-refractivity contribution in [3.05, 3.63) is 94.5 Å². The van der Waals surface area contributed by atoms with Gasteiger partial charge >= 0.3 is 0 Å². The second-order valence-electron chi connectivity index (χ2n) is 8.67. The average molecular weight is 456 g/mol. The number of aryl methyl sites for hydroxylation is 3. The third-order valence-electron chi connectivity index (χ3n) is 6.23. The molecule has 174 valence electrons. The van der Waals surface area contributed by atoms with Crippen LogP contribution in [0.25, 0.3) is 0 Å². The molecule has 0 saturated heterocycles. The van der Waals surface area contributed by atoms with Crippen LogP contribution in [0.5, 0.6) is 28.7 Å². The molecule has 0 aliphatic carbocycles. The molecule has 4 rings (SSSR count). The lowest BCUT2D eigenvalue weighted by Gasteiger charge is -2.31. The van der Waals surface area contributed by atoms with E-state index >= 15 is 0 Å². The van der Waals surface area contributed by atoms with Crippen LogP contribution in [0.15, 0.2) is 66.7 Å². The van der Waals surface area contributed by atoms with Gasteiger partial charge in [0.15, 0.2) is 5.75 Å². The summed E-state index contributed by atoms with van der Waals surface area (Å²) in [6, 6.07) is 19.7. The fourth-order valence-corrected chi connectivity index (χ4v) is 4.04. The molecule has 0 heterocycles. The molecular weight excluding hydrogens is 426 g/mol. The fraction of sp³-hybridized carbons (Fsp3) is 0.172. The number of phenolic OH excluding ortho intramolecular Hbond substituents is 3. The summed E-state index contributed by atoms with van der Waals surface area (Å²) in [5, 5.41) is 30.8. The third-order valence-corrected chi connectivity index (χ3v) is 6.23. The van der Waals surface area contributed by atoms with E-state index in [9.17, 15) is 15.3 Å².